The Morgan fingerprint density at radius 3 is 2.81 bits per heavy atom. The van der Waals surface area contributed by atoms with E-state index in [-0.39, 0.29) is 6.10 Å². The van der Waals surface area contributed by atoms with Gasteiger partial charge in [-0.05, 0) is 31.5 Å². The Morgan fingerprint density at radius 2 is 2.25 bits per heavy atom. The number of aliphatic hydroxyl groups is 1. The number of unbranched alkanes of at least 4 members (excludes halogenated alkanes) is 2. The summed E-state index contributed by atoms with van der Waals surface area (Å²) in [5, 5.41) is 13.8. The molecule has 0 aromatic rings. The van der Waals surface area contributed by atoms with E-state index >= 15 is 0 Å². The second-order valence-corrected chi connectivity index (χ2v) is 5.06. The first-order valence-electron chi connectivity index (χ1n) is 6.33. The fraction of sp³-hybridized carbons (Fsp3) is 0.917. The average molecular weight is 244 g/mol. The average Bonchev–Trinajstić information content (AvgIpc) is 2.58. The minimum Gasteiger partial charge on any atom is -0.393 e. The fourth-order valence-corrected chi connectivity index (χ4v) is 2.32. The molecule has 0 saturated carbocycles. The molecule has 16 heavy (non-hydrogen) atoms. The highest BCUT2D eigenvalue weighted by Gasteiger charge is 2.24. The maximum atomic E-state index is 9.82. The van der Waals surface area contributed by atoms with Crippen LogP contribution in [0.25, 0.3) is 0 Å². The molecule has 2 atom stereocenters. The second kappa shape index (κ2) is 7.07. The van der Waals surface area contributed by atoms with Gasteiger partial charge in [0.2, 0.25) is 0 Å². The van der Waals surface area contributed by atoms with E-state index in [4.69, 9.17) is 12.2 Å². The van der Waals surface area contributed by atoms with E-state index < -0.39 is 0 Å². The van der Waals surface area contributed by atoms with E-state index in [9.17, 15) is 5.11 Å². The van der Waals surface area contributed by atoms with Gasteiger partial charge in [-0.25, -0.2) is 0 Å². The normalized spacial score (nSPS) is 22.3. The summed E-state index contributed by atoms with van der Waals surface area (Å²) in [5.41, 5.74) is 0. The van der Waals surface area contributed by atoms with Gasteiger partial charge in [-0.1, -0.05) is 26.2 Å². The number of aliphatic hydroxyl groups excluding tert-OH is 1. The molecule has 94 valence electrons. The van der Waals surface area contributed by atoms with E-state index in [1.807, 2.05) is 7.05 Å². The Balaban J connectivity index is 2.12. The van der Waals surface area contributed by atoms with Crippen LogP contribution in [-0.4, -0.2) is 40.9 Å². The summed E-state index contributed by atoms with van der Waals surface area (Å²) in [6, 6.07) is 0.466. The Labute approximate surface area is 104 Å². The summed E-state index contributed by atoms with van der Waals surface area (Å²) in [6.07, 6.45) is 6.33. The number of nitrogens with one attached hydrogen (secondary N) is 1. The third-order valence-electron chi connectivity index (χ3n) is 3.33. The smallest absolute Gasteiger partial charge is 0.169 e. The summed E-state index contributed by atoms with van der Waals surface area (Å²) < 4.78 is 0. The summed E-state index contributed by atoms with van der Waals surface area (Å²) in [7, 11) is 2.02. The number of rotatable bonds is 7. The van der Waals surface area contributed by atoms with Gasteiger partial charge >= 0.3 is 0 Å². The van der Waals surface area contributed by atoms with Crippen LogP contribution in [0.1, 0.15) is 45.4 Å². The first-order chi connectivity index (χ1) is 7.65. The minimum atomic E-state index is -0.130. The van der Waals surface area contributed by atoms with E-state index in [0.717, 1.165) is 37.3 Å². The molecule has 0 bridgehead atoms. The van der Waals surface area contributed by atoms with Crippen molar-refractivity contribution < 1.29 is 5.11 Å². The maximum Gasteiger partial charge on any atom is 0.169 e. The molecule has 0 aromatic carbocycles. The molecular weight excluding hydrogens is 220 g/mol. The van der Waals surface area contributed by atoms with Gasteiger partial charge in [0.05, 0.1) is 6.10 Å². The third-order valence-corrected chi connectivity index (χ3v) is 3.76. The van der Waals surface area contributed by atoms with Gasteiger partial charge in [-0.2, -0.15) is 0 Å². The summed E-state index contributed by atoms with van der Waals surface area (Å²) in [5.74, 6) is 0. The molecule has 0 spiro atoms. The van der Waals surface area contributed by atoms with Gasteiger partial charge in [-0.15, -0.1) is 0 Å². The van der Waals surface area contributed by atoms with Gasteiger partial charge in [0.15, 0.2) is 5.11 Å². The molecular formula is C12H24N2OS. The summed E-state index contributed by atoms with van der Waals surface area (Å²) in [6.45, 7) is 3.11. The van der Waals surface area contributed by atoms with E-state index in [2.05, 4.69) is 17.1 Å². The molecule has 2 unspecified atom stereocenters. The lowest BCUT2D eigenvalue weighted by Crippen LogP contribution is -2.30. The zero-order valence-electron chi connectivity index (χ0n) is 10.4. The summed E-state index contributed by atoms with van der Waals surface area (Å²) in [4.78, 5) is 2.11. The number of hydrogen-bond acceptors (Lipinski definition) is 2. The topological polar surface area (TPSA) is 35.5 Å². The van der Waals surface area contributed by atoms with Crippen LogP contribution in [-0.2, 0) is 0 Å². The van der Waals surface area contributed by atoms with E-state index in [0.29, 0.717) is 6.04 Å². The number of thiocarbonyl (C=S) groups is 1. The Hall–Kier alpha value is -0.350. The molecule has 0 amide bonds. The predicted octanol–water partition coefficient (Wildman–Crippen LogP) is 1.90. The fourth-order valence-electron chi connectivity index (χ4n) is 2.09. The minimum absolute atomic E-state index is 0.130. The molecule has 1 saturated heterocycles. The van der Waals surface area contributed by atoms with Crippen LogP contribution < -0.4 is 5.32 Å². The van der Waals surface area contributed by atoms with Gasteiger partial charge in [-0.3, -0.25) is 0 Å². The monoisotopic (exact) mass is 244 g/mol. The Bertz CT molecular complexity index is 223. The molecule has 1 aliphatic heterocycles. The van der Waals surface area contributed by atoms with Crippen LogP contribution in [0.15, 0.2) is 0 Å². The van der Waals surface area contributed by atoms with Crippen LogP contribution in [0, 0.1) is 0 Å². The molecule has 0 aromatic heterocycles. The molecule has 1 heterocycles. The zero-order chi connectivity index (χ0) is 12.0. The van der Waals surface area contributed by atoms with Crippen LogP contribution in [0.5, 0.6) is 0 Å². The van der Waals surface area contributed by atoms with E-state index in [1.54, 1.807) is 0 Å². The number of nitrogens with zero attached hydrogens (tertiary/aromatic N) is 1. The predicted molar refractivity (Wildman–Crippen MR) is 71.5 cm³/mol. The van der Waals surface area contributed by atoms with Gasteiger partial charge < -0.3 is 15.3 Å². The highest BCUT2D eigenvalue weighted by molar-refractivity contribution is 7.80. The lowest BCUT2D eigenvalue weighted by Gasteiger charge is -2.20. The Kier molecular flexibility index (Phi) is 6.06. The number of hydrogen-bond donors (Lipinski definition) is 2. The second-order valence-electron chi connectivity index (χ2n) is 4.68. The quantitative estimate of drug-likeness (QED) is 0.529. The van der Waals surface area contributed by atoms with Gasteiger partial charge in [0, 0.05) is 19.6 Å². The molecule has 4 heteroatoms. The maximum absolute atomic E-state index is 9.82. The molecule has 1 aliphatic rings. The summed E-state index contributed by atoms with van der Waals surface area (Å²) >= 11 is 5.14. The standard InChI is InChI=1S/C12H24N2OS/c1-3-4-5-6-11(15)8-7-10-9-13-12(16)14(10)2/h10-11,15H,3-9H2,1-2H3,(H,13,16). The number of likely N-dealkylation sites (N-methyl/N-ethyl adjacent to an activating group) is 1. The van der Waals surface area contributed by atoms with Crippen LogP contribution in [0.4, 0.5) is 0 Å². The van der Waals surface area contributed by atoms with Gasteiger partial charge in [0.1, 0.15) is 0 Å². The van der Waals surface area contributed by atoms with Crippen LogP contribution in [0.3, 0.4) is 0 Å². The molecule has 3 nitrogen and oxygen atoms in total. The molecule has 0 aliphatic carbocycles. The van der Waals surface area contributed by atoms with Crippen molar-refractivity contribution in [3.8, 4) is 0 Å². The lowest BCUT2D eigenvalue weighted by molar-refractivity contribution is 0.141. The largest absolute Gasteiger partial charge is 0.393 e. The van der Waals surface area contributed by atoms with Crippen LogP contribution >= 0.6 is 12.2 Å². The first-order valence-corrected chi connectivity index (χ1v) is 6.74. The van der Waals surface area contributed by atoms with Gasteiger partial charge in [0.25, 0.3) is 0 Å². The SMILES string of the molecule is CCCCCC(O)CCC1CNC(=S)N1C. The van der Waals surface area contributed by atoms with Crippen LogP contribution in [0.2, 0.25) is 0 Å². The van der Waals surface area contributed by atoms with Crippen molar-refractivity contribution in [2.45, 2.75) is 57.6 Å². The highest BCUT2D eigenvalue weighted by Crippen LogP contribution is 2.14. The molecule has 2 N–H and O–H groups in total. The van der Waals surface area contributed by atoms with Crippen molar-refractivity contribution in [1.82, 2.24) is 10.2 Å². The van der Waals surface area contributed by atoms with Crippen molar-refractivity contribution in [3.05, 3.63) is 0 Å². The molecule has 1 rings (SSSR count). The van der Waals surface area contributed by atoms with Crippen molar-refractivity contribution in [3.63, 3.8) is 0 Å². The van der Waals surface area contributed by atoms with Crippen molar-refractivity contribution in [2.24, 2.45) is 0 Å². The van der Waals surface area contributed by atoms with E-state index in [1.165, 1.54) is 12.8 Å². The Morgan fingerprint density at radius 1 is 1.50 bits per heavy atom. The first kappa shape index (κ1) is 13.7. The van der Waals surface area contributed by atoms with Crippen molar-refractivity contribution in [1.29, 1.82) is 0 Å². The van der Waals surface area contributed by atoms with Crippen molar-refractivity contribution >= 4 is 17.3 Å². The zero-order valence-corrected chi connectivity index (χ0v) is 11.2. The third kappa shape index (κ3) is 4.26. The van der Waals surface area contributed by atoms with Crippen molar-refractivity contribution in [2.75, 3.05) is 13.6 Å². The molecule has 0 radical (unpaired) electrons. The highest BCUT2D eigenvalue weighted by atomic mass is 32.1. The lowest BCUT2D eigenvalue weighted by atomic mass is 10.0. The molecule has 1 fully saturated rings.